The SMILES string of the molecule is CN(C)CC[C@H](CSc1ccccc1)Nc1ccc(S(=O)(=O)NC(=O)c2csc(N3CCc4cccc(C(=O)Nc5nc6cnccc6s5)c4C3)n2)cc1S(=O)(=O)C(F)(F)F. The van der Waals surface area contributed by atoms with Crippen molar-refractivity contribution in [1.29, 1.82) is 0 Å². The van der Waals surface area contributed by atoms with Gasteiger partial charge in [-0.25, -0.2) is 31.5 Å². The number of halogens is 3. The van der Waals surface area contributed by atoms with E-state index in [1.54, 1.807) is 30.6 Å². The molecule has 1 atom stereocenters. The van der Waals surface area contributed by atoms with Crippen LogP contribution in [0.25, 0.3) is 10.2 Å². The minimum absolute atomic E-state index is 0.243. The van der Waals surface area contributed by atoms with Gasteiger partial charge in [-0.05, 0) is 87.1 Å². The molecule has 14 nitrogen and oxygen atoms in total. The van der Waals surface area contributed by atoms with Crippen molar-refractivity contribution in [2.24, 2.45) is 0 Å². The number of nitrogens with one attached hydrogen (secondary N) is 3. The van der Waals surface area contributed by atoms with Crippen molar-refractivity contribution >= 4 is 92.3 Å². The molecule has 0 bridgehead atoms. The average Bonchev–Trinajstić information content (AvgIpc) is 3.89. The van der Waals surface area contributed by atoms with Gasteiger partial charge in [0.15, 0.2) is 10.3 Å². The first-order valence-corrected chi connectivity index (χ1v) is 24.1. The average molecular weight is 931 g/mol. The van der Waals surface area contributed by atoms with Crippen molar-refractivity contribution in [3.63, 3.8) is 0 Å². The van der Waals surface area contributed by atoms with E-state index in [4.69, 9.17) is 0 Å². The highest BCUT2D eigenvalue weighted by atomic mass is 32.2. The van der Waals surface area contributed by atoms with E-state index >= 15 is 0 Å². The van der Waals surface area contributed by atoms with Crippen LogP contribution < -0.4 is 20.3 Å². The van der Waals surface area contributed by atoms with Gasteiger partial charge in [-0.2, -0.15) is 13.2 Å². The Morgan fingerprint density at radius 2 is 1.77 bits per heavy atom. The maximum atomic E-state index is 14.1. The maximum Gasteiger partial charge on any atom is 0.501 e. The normalized spacial score (nSPS) is 13.8. The summed E-state index contributed by atoms with van der Waals surface area (Å²) in [6.07, 6.45) is 4.19. The number of fused-ring (bicyclic) bond motifs is 2. The van der Waals surface area contributed by atoms with Gasteiger partial charge in [0.05, 0.1) is 21.5 Å². The Kier molecular flexibility index (Phi) is 13.0. The largest absolute Gasteiger partial charge is 0.501 e. The summed E-state index contributed by atoms with van der Waals surface area (Å²) in [6, 6.07) is 18.2. The first kappa shape index (κ1) is 43.9. The van der Waals surface area contributed by atoms with Crippen LogP contribution in [-0.4, -0.2) is 93.0 Å². The molecule has 0 saturated carbocycles. The first-order valence-electron chi connectivity index (χ1n) is 18.4. The minimum atomic E-state index is -6.08. The summed E-state index contributed by atoms with van der Waals surface area (Å²) >= 11 is 3.78. The van der Waals surface area contributed by atoms with Gasteiger partial charge >= 0.3 is 5.51 Å². The predicted molar refractivity (Wildman–Crippen MR) is 231 cm³/mol. The van der Waals surface area contributed by atoms with E-state index in [0.717, 1.165) is 44.2 Å². The Morgan fingerprint density at radius 3 is 2.51 bits per heavy atom. The molecule has 0 aliphatic carbocycles. The van der Waals surface area contributed by atoms with Crippen LogP contribution in [0.3, 0.4) is 0 Å². The Bertz CT molecular complexity index is 2770. The lowest BCUT2D eigenvalue weighted by molar-refractivity contribution is -0.0435. The monoisotopic (exact) mass is 930 g/mol. The fraction of sp³-hybridized carbons (Fsp3) is 0.256. The van der Waals surface area contributed by atoms with Gasteiger partial charge in [-0.15, -0.1) is 23.1 Å². The number of thioether (sulfide) groups is 1. The van der Waals surface area contributed by atoms with Gasteiger partial charge in [-0.3, -0.25) is 19.9 Å². The molecule has 1 aliphatic rings. The molecule has 3 aromatic carbocycles. The lowest BCUT2D eigenvalue weighted by atomic mass is 9.94. The number of sulfone groups is 1. The van der Waals surface area contributed by atoms with Crippen LogP contribution in [0.15, 0.2) is 105 Å². The molecule has 1 aliphatic heterocycles. The van der Waals surface area contributed by atoms with Gasteiger partial charge in [0.2, 0.25) is 0 Å². The van der Waals surface area contributed by atoms with E-state index < -0.39 is 52.8 Å². The number of rotatable bonds is 15. The molecule has 0 fully saturated rings. The van der Waals surface area contributed by atoms with E-state index in [1.165, 1.54) is 28.5 Å². The van der Waals surface area contributed by atoms with Gasteiger partial charge in [0, 0.05) is 46.9 Å². The lowest BCUT2D eigenvalue weighted by Gasteiger charge is -2.29. The number of benzene rings is 3. The number of sulfonamides is 1. The van der Waals surface area contributed by atoms with Crippen LogP contribution in [0.2, 0.25) is 0 Å². The summed E-state index contributed by atoms with van der Waals surface area (Å²) in [5, 5.41) is 7.86. The molecule has 0 radical (unpaired) electrons. The van der Waals surface area contributed by atoms with Gasteiger partial charge in [-0.1, -0.05) is 41.7 Å². The molecule has 61 heavy (non-hydrogen) atoms. The van der Waals surface area contributed by atoms with Crippen LogP contribution in [0.4, 0.5) is 29.1 Å². The zero-order valence-electron chi connectivity index (χ0n) is 32.3. The highest BCUT2D eigenvalue weighted by Gasteiger charge is 2.48. The number of aromatic nitrogens is 3. The molecular weight excluding hydrogens is 894 g/mol. The number of hydrogen-bond acceptors (Lipinski definition) is 15. The van der Waals surface area contributed by atoms with Crippen LogP contribution in [0, 0.1) is 0 Å². The van der Waals surface area contributed by atoms with Crippen LogP contribution in [0.1, 0.15) is 38.4 Å². The third-order valence-electron chi connectivity index (χ3n) is 9.49. The van der Waals surface area contributed by atoms with Crippen molar-refractivity contribution in [2.75, 3.05) is 48.5 Å². The van der Waals surface area contributed by atoms with E-state index in [0.29, 0.717) is 59.1 Å². The second-order valence-corrected chi connectivity index (χ2v) is 20.6. The highest BCUT2D eigenvalue weighted by Crippen LogP contribution is 2.37. The van der Waals surface area contributed by atoms with E-state index in [-0.39, 0.29) is 18.1 Å². The van der Waals surface area contributed by atoms with E-state index in [9.17, 15) is 39.6 Å². The molecule has 320 valence electrons. The molecular formula is C39H37F3N8O6S5. The molecule has 3 N–H and O–H groups in total. The number of nitrogens with zero attached hydrogens (tertiary/aromatic N) is 5. The number of pyridine rings is 1. The molecule has 2 amide bonds. The topological polar surface area (TPSA) is 184 Å². The van der Waals surface area contributed by atoms with Gasteiger partial charge in [0.1, 0.15) is 16.1 Å². The molecule has 4 heterocycles. The minimum Gasteiger partial charge on any atom is -0.380 e. The third-order valence-corrected chi connectivity index (χ3v) is 15.4. The Morgan fingerprint density at radius 1 is 0.984 bits per heavy atom. The first-order chi connectivity index (χ1) is 29.0. The van der Waals surface area contributed by atoms with Gasteiger partial charge < -0.3 is 15.1 Å². The van der Waals surface area contributed by atoms with Crippen molar-refractivity contribution in [2.45, 2.75) is 45.6 Å². The number of carbonyl (C=O) groups is 2. The standard InChI is InChI=1S/C39H37F3N8O6S5/c1-49(2)17-15-25(22-57-26-8-4-3-5-9-26)44-30-12-11-27(19-34(30)60(53,54)39(40,41)42)61(55,56)48-36(52)32-23-58-38(46-32)50-18-14-24-7-6-10-28(29(24)21-50)35(51)47-37-45-31-20-43-16-13-33(31)59-37/h3-13,16,19-20,23,25,44H,14-15,17-18,21-22H2,1-2H3,(H,48,52)(H,45,47,51)/t25-/m1/s1. The number of carbonyl (C=O) groups excluding carboxylic acids is 2. The maximum absolute atomic E-state index is 14.1. The van der Waals surface area contributed by atoms with Crippen molar-refractivity contribution < 1.29 is 39.6 Å². The summed E-state index contributed by atoms with van der Waals surface area (Å²) in [5.74, 6) is -1.20. The second-order valence-electron chi connectivity index (χ2n) is 14.0. The zero-order valence-corrected chi connectivity index (χ0v) is 36.4. The number of amides is 2. The van der Waals surface area contributed by atoms with Crippen molar-refractivity contribution in [1.82, 2.24) is 24.6 Å². The smallest absolute Gasteiger partial charge is 0.380 e. The fourth-order valence-electron chi connectivity index (χ4n) is 6.38. The van der Waals surface area contributed by atoms with Crippen LogP contribution in [0.5, 0.6) is 0 Å². The summed E-state index contributed by atoms with van der Waals surface area (Å²) < 4.78 is 97.8. The fourth-order valence-corrected chi connectivity index (χ4v) is 11.0. The summed E-state index contributed by atoms with van der Waals surface area (Å²) in [4.78, 5) is 42.1. The lowest BCUT2D eigenvalue weighted by Crippen LogP contribution is -2.33. The van der Waals surface area contributed by atoms with Crippen LogP contribution in [-0.2, 0) is 32.8 Å². The molecule has 7 rings (SSSR count). The molecule has 22 heteroatoms. The quantitative estimate of drug-likeness (QED) is 0.0906. The van der Waals surface area contributed by atoms with Crippen LogP contribution >= 0.6 is 34.4 Å². The number of anilines is 3. The second kappa shape index (κ2) is 18.1. The summed E-state index contributed by atoms with van der Waals surface area (Å²) in [6.45, 7) is 1.22. The molecule has 3 aromatic heterocycles. The number of alkyl halides is 3. The summed E-state index contributed by atoms with van der Waals surface area (Å²) in [7, 11) is -7.37. The summed E-state index contributed by atoms with van der Waals surface area (Å²) in [5.41, 5.74) is -3.75. The number of thiazole rings is 2. The van der Waals surface area contributed by atoms with E-state index in [1.807, 2.05) is 65.0 Å². The molecule has 0 saturated heterocycles. The van der Waals surface area contributed by atoms with Crippen molar-refractivity contribution in [3.8, 4) is 0 Å². The Balaban J connectivity index is 1.08. The number of hydrogen-bond donors (Lipinski definition) is 3. The van der Waals surface area contributed by atoms with Crippen molar-refractivity contribution in [3.05, 3.63) is 113 Å². The molecule has 0 spiro atoms. The molecule has 6 aromatic rings. The highest BCUT2D eigenvalue weighted by molar-refractivity contribution is 7.99. The third kappa shape index (κ3) is 10.2. The predicted octanol–water partition coefficient (Wildman–Crippen LogP) is 6.90. The Labute approximate surface area is 361 Å². The zero-order chi connectivity index (χ0) is 43.5. The molecule has 0 unspecified atom stereocenters. The van der Waals surface area contributed by atoms with Gasteiger partial charge in [0.25, 0.3) is 31.7 Å². The van der Waals surface area contributed by atoms with E-state index in [2.05, 4.69) is 25.6 Å². The Hall–Kier alpha value is -5.13.